The predicted octanol–water partition coefficient (Wildman–Crippen LogP) is 11.9. The number of aromatic nitrogens is 8. The Morgan fingerprint density at radius 1 is 0.605 bits per heavy atom. The molecule has 2 atom stereocenters. The highest BCUT2D eigenvalue weighted by molar-refractivity contribution is 9.10. The zero-order valence-electron chi connectivity index (χ0n) is 49.6. The number of carbonyl (C=O) groups is 6. The summed E-state index contributed by atoms with van der Waals surface area (Å²) in [6.07, 6.45) is 10.4. The van der Waals surface area contributed by atoms with Crippen LogP contribution in [0.5, 0.6) is 5.75 Å². The van der Waals surface area contributed by atoms with Crippen LogP contribution >= 0.6 is 27.5 Å². The van der Waals surface area contributed by atoms with Crippen molar-refractivity contribution in [2.45, 2.75) is 130 Å². The molecular weight excluding hydrogens is 1180 g/mol. The van der Waals surface area contributed by atoms with Crippen molar-refractivity contribution in [2.75, 3.05) is 26.2 Å². The lowest BCUT2D eigenvalue weighted by molar-refractivity contribution is -0.137. The molecule has 0 unspecified atom stereocenters. The van der Waals surface area contributed by atoms with E-state index < -0.39 is 47.3 Å². The number of aliphatic hydroxyl groups excluding tert-OH is 1. The van der Waals surface area contributed by atoms with Crippen molar-refractivity contribution < 1.29 is 48.5 Å². The van der Waals surface area contributed by atoms with Crippen molar-refractivity contribution in [3.05, 3.63) is 148 Å². The van der Waals surface area contributed by atoms with Crippen LogP contribution in [-0.4, -0.2) is 128 Å². The molecule has 0 bridgehead atoms. The van der Waals surface area contributed by atoms with Gasteiger partial charge in [0.15, 0.2) is 0 Å². The van der Waals surface area contributed by atoms with Gasteiger partial charge in [0, 0.05) is 73.4 Å². The zero-order valence-corrected chi connectivity index (χ0v) is 52.0. The van der Waals surface area contributed by atoms with Crippen molar-refractivity contribution in [1.29, 1.82) is 0 Å². The van der Waals surface area contributed by atoms with Crippen LogP contribution in [0.25, 0.3) is 43.6 Å². The maximum Gasteiger partial charge on any atom is 0.379 e. The molecule has 4 aromatic heterocycles. The van der Waals surface area contributed by atoms with E-state index in [4.69, 9.17) is 26.2 Å². The third-order valence-corrected chi connectivity index (χ3v) is 15.2. The van der Waals surface area contributed by atoms with Crippen LogP contribution in [0.2, 0.25) is 5.02 Å². The van der Waals surface area contributed by atoms with E-state index in [1.807, 2.05) is 67.9 Å². The largest absolute Gasteiger partial charge is 0.489 e. The van der Waals surface area contributed by atoms with Gasteiger partial charge in [0.2, 0.25) is 5.78 Å². The average Bonchev–Trinajstić information content (AvgIpc) is 2.92. The maximum absolute atomic E-state index is 13.2. The molecule has 1 saturated carbocycles. The van der Waals surface area contributed by atoms with E-state index in [1.54, 1.807) is 96.9 Å². The number of esters is 1. The van der Waals surface area contributed by atoms with Crippen molar-refractivity contribution in [3.8, 4) is 5.75 Å². The molecule has 9 aromatic rings. The second-order valence-corrected chi connectivity index (χ2v) is 23.6. The third-order valence-electron chi connectivity index (χ3n) is 14.4. The number of aliphatic hydroxyl groups is 1. The van der Waals surface area contributed by atoms with E-state index in [-0.39, 0.29) is 42.0 Å². The highest BCUT2D eigenvalue weighted by Crippen LogP contribution is 2.35. The van der Waals surface area contributed by atoms with Crippen LogP contribution in [0.15, 0.2) is 120 Å². The SMILES string of the molecule is CC(C)n1ncc2ccc(Br)cc21.CC(C)n1ncc2ccc(C(=O)C(=O)N[C@H](CN3CCCC3)[C@H](O)c3ccc(OC4CC4)c(Cl)c3)cc21.CC(C)n1ncc2ccc(C(=O)C(=O)O)cc21.CCOC(=O)C(=O)c1ccc2cnn(C(C)C)c2c1. The normalized spacial score (nSPS) is 14.0. The first kappa shape index (κ1) is 63.9. The summed E-state index contributed by atoms with van der Waals surface area (Å²) in [5.41, 5.74) is 4.94. The molecule has 1 aliphatic carbocycles. The summed E-state index contributed by atoms with van der Waals surface area (Å²) in [4.78, 5) is 73.8. The van der Waals surface area contributed by atoms with Gasteiger partial charge in [-0.1, -0.05) is 63.9 Å². The molecule has 1 amide bonds. The number of ketones is 3. The number of hydrogen-bond donors (Lipinski definition) is 3. The third kappa shape index (κ3) is 15.5. The molecule has 0 spiro atoms. The number of benzene rings is 5. The quantitative estimate of drug-likeness (QED) is 0.0411. The molecule has 11 rings (SSSR count). The number of nitrogens with one attached hydrogen (secondary N) is 1. The summed E-state index contributed by atoms with van der Waals surface area (Å²) in [6, 6.07) is 26.6. The van der Waals surface area contributed by atoms with E-state index in [1.165, 1.54) is 17.0 Å². The van der Waals surface area contributed by atoms with Crippen LogP contribution in [0, 0.1) is 0 Å². The molecule has 2 aliphatic rings. The number of carboxylic acids is 1. The first-order chi connectivity index (χ1) is 41.0. The van der Waals surface area contributed by atoms with Gasteiger partial charge in [0.05, 0.1) is 70.6 Å². The minimum absolute atomic E-state index is 0.115. The van der Waals surface area contributed by atoms with Gasteiger partial charge in [-0.2, -0.15) is 20.4 Å². The summed E-state index contributed by atoms with van der Waals surface area (Å²) < 4.78 is 19.1. The molecule has 86 heavy (non-hydrogen) atoms. The van der Waals surface area contributed by atoms with Gasteiger partial charge >= 0.3 is 11.9 Å². The number of nitrogens with zero attached hydrogens (tertiary/aromatic N) is 9. The van der Waals surface area contributed by atoms with Crippen molar-refractivity contribution >= 4 is 106 Å². The number of fused-ring (bicyclic) bond motifs is 4. The number of halogens is 2. The first-order valence-corrected chi connectivity index (χ1v) is 30.0. The Balaban J connectivity index is 0.000000164. The predicted molar refractivity (Wildman–Crippen MR) is 333 cm³/mol. The number of carbonyl (C=O) groups excluding carboxylic acids is 5. The second kappa shape index (κ2) is 28.4. The summed E-state index contributed by atoms with van der Waals surface area (Å²) in [5, 5.41) is 44.3. The minimum atomic E-state index is -1.44. The lowest BCUT2D eigenvalue weighted by Crippen LogP contribution is -2.48. The first-order valence-electron chi connectivity index (χ1n) is 28.8. The van der Waals surface area contributed by atoms with Crippen molar-refractivity contribution in [1.82, 2.24) is 49.3 Å². The molecule has 22 heteroatoms. The van der Waals surface area contributed by atoms with Gasteiger partial charge < -0.3 is 29.9 Å². The number of likely N-dealkylation sites (tertiary alicyclic amines) is 1. The summed E-state index contributed by atoms with van der Waals surface area (Å²) in [7, 11) is 0. The number of amides is 1. The van der Waals surface area contributed by atoms with Crippen LogP contribution in [0.1, 0.15) is 155 Å². The van der Waals surface area contributed by atoms with E-state index in [0.29, 0.717) is 34.5 Å². The molecule has 3 N–H and O–H groups in total. The Labute approximate surface area is 511 Å². The van der Waals surface area contributed by atoms with Crippen LogP contribution in [0.4, 0.5) is 0 Å². The topological polar surface area (TPSA) is 248 Å². The fraction of sp³-hybridized carbons (Fsp3) is 0.375. The van der Waals surface area contributed by atoms with Gasteiger partial charge in [-0.15, -0.1) is 0 Å². The number of carboxylic acid groups (broad SMARTS) is 1. The number of rotatable bonds is 18. The highest BCUT2D eigenvalue weighted by atomic mass is 79.9. The van der Waals surface area contributed by atoms with Gasteiger partial charge in [0.25, 0.3) is 17.5 Å². The Kier molecular flexibility index (Phi) is 21.1. The maximum atomic E-state index is 13.2. The van der Waals surface area contributed by atoms with Crippen LogP contribution in [-0.2, 0) is 19.1 Å². The number of aliphatic carboxylic acids is 1. The zero-order chi connectivity index (χ0) is 62.1. The molecule has 5 heterocycles. The van der Waals surface area contributed by atoms with Gasteiger partial charge in [-0.25, -0.2) is 9.59 Å². The Morgan fingerprint density at radius 3 is 1.45 bits per heavy atom. The lowest BCUT2D eigenvalue weighted by Gasteiger charge is -2.28. The highest BCUT2D eigenvalue weighted by Gasteiger charge is 2.31. The standard InChI is InChI=1S/C28H33ClN4O4.C14H16N2O3.C12H12N2O3.C10H11BrN2/c1-17(2)33-24-14-19(5-6-20(24)15-30-33)27(35)28(36)31-23(16-32-11-3-4-12-32)26(34)18-7-10-25(22(29)13-18)37-21-8-9-21;1-4-19-14(18)13(17)10-5-6-11-8-15-16(9(2)3)12(11)7-10;1-7(2)14-10-5-8(11(15)12(16)17)3-4-9(10)6-13-14;1-7(2)13-10-5-9(11)4-3-8(10)6-12-13/h5-7,10,13-15,17,21,23,26,34H,3-4,8-9,11-12,16H2,1-2H3,(H,31,36);5-9H,4H2,1-3H3;3-7H,1-2H3,(H,16,17);3-7H,1-2H3/t23-,26-;;;/m1.../s1. The monoisotopic (exact) mass is 1250 g/mol. The summed E-state index contributed by atoms with van der Waals surface area (Å²) >= 11 is 9.89. The molecule has 1 saturated heterocycles. The Bertz CT molecular complexity index is 3930. The molecule has 20 nitrogen and oxygen atoms in total. The smallest absolute Gasteiger partial charge is 0.379 e. The molecule has 452 valence electrons. The Hall–Kier alpha value is -8.11. The van der Waals surface area contributed by atoms with Crippen molar-refractivity contribution in [2.24, 2.45) is 0 Å². The van der Waals surface area contributed by atoms with Gasteiger partial charge in [-0.3, -0.25) is 37.9 Å². The van der Waals surface area contributed by atoms with Crippen LogP contribution < -0.4 is 10.1 Å². The fourth-order valence-electron chi connectivity index (χ4n) is 9.86. The molecule has 1 aliphatic heterocycles. The van der Waals surface area contributed by atoms with Gasteiger partial charge in [0.1, 0.15) is 11.9 Å². The molecule has 2 fully saturated rings. The number of Topliss-reactive ketones (excluding diaryl/α,β-unsaturated/α-hetero) is 3. The van der Waals surface area contributed by atoms with Gasteiger partial charge in [-0.05, 0) is 161 Å². The number of hydrogen-bond acceptors (Lipinski definition) is 14. The summed E-state index contributed by atoms with van der Waals surface area (Å²) in [6.45, 7) is 20.3. The molecule has 0 radical (unpaired) electrons. The minimum Gasteiger partial charge on any atom is -0.489 e. The average molecular weight is 1260 g/mol. The number of ether oxygens (including phenoxy) is 2. The Morgan fingerprint density at radius 2 is 1.03 bits per heavy atom. The molecular formula is C64H72BrClN10O10. The fourth-order valence-corrected chi connectivity index (χ4v) is 10.4. The second-order valence-electron chi connectivity index (χ2n) is 22.3. The van der Waals surface area contributed by atoms with E-state index in [0.717, 1.165) is 76.0 Å². The van der Waals surface area contributed by atoms with E-state index in [2.05, 4.69) is 72.5 Å². The van der Waals surface area contributed by atoms with E-state index >= 15 is 0 Å². The summed E-state index contributed by atoms with van der Waals surface area (Å²) in [5.74, 6) is -4.60. The van der Waals surface area contributed by atoms with Crippen LogP contribution in [0.3, 0.4) is 0 Å². The van der Waals surface area contributed by atoms with E-state index in [9.17, 15) is 33.9 Å². The molecule has 5 aromatic carbocycles. The lowest BCUT2D eigenvalue weighted by atomic mass is 10.0. The van der Waals surface area contributed by atoms with Crippen molar-refractivity contribution in [3.63, 3.8) is 0 Å².